The molecule has 3 rings (SSSR count). The van der Waals surface area contributed by atoms with Crippen LogP contribution in [0.5, 0.6) is 11.5 Å². The molecule has 90 valence electrons. The molecule has 0 spiro atoms. The zero-order valence-electron chi connectivity index (χ0n) is 9.82. The van der Waals surface area contributed by atoms with E-state index in [-0.39, 0.29) is 6.04 Å². The smallest absolute Gasteiger partial charge is 0.231 e. The highest BCUT2D eigenvalue weighted by Gasteiger charge is 2.18. The Labute approximate surface area is 101 Å². The highest BCUT2D eigenvalue weighted by atomic mass is 16.7. The normalized spacial score (nSPS) is 19.9. The third-order valence-electron chi connectivity index (χ3n) is 3.48. The summed E-state index contributed by atoms with van der Waals surface area (Å²) in [4.78, 5) is 0. The van der Waals surface area contributed by atoms with Gasteiger partial charge >= 0.3 is 0 Å². The van der Waals surface area contributed by atoms with Gasteiger partial charge in [-0.2, -0.15) is 0 Å². The predicted octanol–water partition coefficient (Wildman–Crippen LogP) is 2.92. The lowest BCUT2D eigenvalue weighted by Gasteiger charge is -2.20. The molecule has 0 saturated carbocycles. The van der Waals surface area contributed by atoms with E-state index in [0.717, 1.165) is 29.9 Å². The lowest BCUT2D eigenvalue weighted by molar-refractivity contribution is 0.174. The first-order chi connectivity index (χ1) is 8.34. The maximum atomic E-state index is 6.30. The molecular weight excluding hydrogens is 214 g/mol. The number of rotatable bonds is 2. The molecule has 1 aromatic carbocycles. The Balaban J connectivity index is 1.86. The largest absolute Gasteiger partial charge is 0.454 e. The summed E-state index contributed by atoms with van der Waals surface area (Å²) in [6.45, 7) is 0.316. The van der Waals surface area contributed by atoms with Gasteiger partial charge in [0.15, 0.2) is 11.5 Å². The first-order valence-electron chi connectivity index (χ1n) is 6.18. The van der Waals surface area contributed by atoms with Gasteiger partial charge in [0.2, 0.25) is 6.79 Å². The van der Waals surface area contributed by atoms with Gasteiger partial charge in [0, 0.05) is 0 Å². The Bertz CT molecular complexity index is 454. The van der Waals surface area contributed by atoms with Crippen LogP contribution in [0.3, 0.4) is 0 Å². The third kappa shape index (κ3) is 2.03. The minimum Gasteiger partial charge on any atom is -0.454 e. The average molecular weight is 231 g/mol. The fourth-order valence-corrected chi connectivity index (χ4v) is 2.47. The Morgan fingerprint density at radius 3 is 2.82 bits per heavy atom. The van der Waals surface area contributed by atoms with E-state index < -0.39 is 0 Å². The number of hydrogen-bond acceptors (Lipinski definition) is 3. The molecule has 17 heavy (non-hydrogen) atoms. The molecule has 0 aromatic heterocycles. The van der Waals surface area contributed by atoms with Crippen molar-refractivity contribution in [3.63, 3.8) is 0 Å². The minimum atomic E-state index is 0.00444. The zero-order valence-corrected chi connectivity index (χ0v) is 9.82. The fourth-order valence-electron chi connectivity index (χ4n) is 2.47. The van der Waals surface area contributed by atoms with Crippen LogP contribution in [-0.2, 0) is 0 Å². The van der Waals surface area contributed by atoms with E-state index in [2.05, 4.69) is 6.08 Å². The highest BCUT2D eigenvalue weighted by Crippen LogP contribution is 2.36. The standard InChI is InChI=1S/C14H17NO2/c15-14(10-4-2-1-3-5-10)11-6-7-12-13(8-11)17-9-16-12/h4,6-8,14H,1-3,5,9,15H2. The van der Waals surface area contributed by atoms with E-state index in [9.17, 15) is 0 Å². The molecule has 3 heteroatoms. The lowest BCUT2D eigenvalue weighted by atomic mass is 9.90. The minimum absolute atomic E-state index is 0.00444. The van der Waals surface area contributed by atoms with E-state index in [4.69, 9.17) is 15.2 Å². The molecule has 0 bridgehead atoms. The molecular formula is C14H17NO2. The fraction of sp³-hybridized carbons (Fsp3) is 0.429. The van der Waals surface area contributed by atoms with E-state index in [1.807, 2.05) is 18.2 Å². The molecule has 0 amide bonds. The molecule has 2 aliphatic rings. The van der Waals surface area contributed by atoms with Crippen molar-refractivity contribution < 1.29 is 9.47 Å². The van der Waals surface area contributed by atoms with Gasteiger partial charge in [0.05, 0.1) is 6.04 Å². The average Bonchev–Trinajstić information content (AvgIpc) is 2.86. The molecule has 2 N–H and O–H groups in total. The van der Waals surface area contributed by atoms with Crippen LogP contribution in [-0.4, -0.2) is 6.79 Å². The summed E-state index contributed by atoms with van der Waals surface area (Å²) < 4.78 is 10.7. The van der Waals surface area contributed by atoms with Gasteiger partial charge in [-0.3, -0.25) is 0 Å². The van der Waals surface area contributed by atoms with Crippen molar-refractivity contribution in [1.29, 1.82) is 0 Å². The van der Waals surface area contributed by atoms with E-state index in [1.165, 1.54) is 18.4 Å². The molecule has 1 aliphatic carbocycles. The van der Waals surface area contributed by atoms with Gasteiger partial charge < -0.3 is 15.2 Å². The summed E-state index contributed by atoms with van der Waals surface area (Å²) in [5, 5.41) is 0. The van der Waals surface area contributed by atoms with Crippen LogP contribution < -0.4 is 15.2 Å². The number of benzene rings is 1. The second-order valence-electron chi connectivity index (χ2n) is 4.62. The maximum absolute atomic E-state index is 6.30. The molecule has 0 saturated heterocycles. The van der Waals surface area contributed by atoms with Gasteiger partial charge in [-0.1, -0.05) is 17.7 Å². The predicted molar refractivity (Wildman–Crippen MR) is 66.0 cm³/mol. The van der Waals surface area contributed by atoms with Crippen LogP contribution in [0.4, 0.5) is 0 Å². The molecule has 1 heterocycles. The quantitative estimate of drug-likeness (QED) is 0.796. The molecule has 1 aliphatic heterocycles. The van der Waals surface area contributed by atoms with Crippen molar-refractivity contribution >= 4 is 0 Å². The zero-order chi connectivity index (χ0) is 11.7. The van der Waals surface area contributed by atoms with Crippen molar-refractivity contribution in [3.8, 4) is 11.5 Å². The highest BCUT2D eigenvalue weighted by molar-refractivity contribution is 5.46. The first kappa shape index (κ1) is 10.7. The van der Waals surface area contributed by atoms with Crippen molar-refractivity contribution in [1.82, 2.24) is 0 Å². The van der Waals surface area contributed by atoms with E-state index >= 15 is 0 Å². The van der Waals surface area contributed by atoms with Crippen molar-refractivity contribution in [2.45, 2.75) is 31.7 Å². The SMILES string of the molecule is NC(C1=CCCCC1)c1ccc2c(c1)OCO2. The molecule has 1 atom stereocenters. The Morgan fingerprint density at radius 2 is 2.00 bits per heavy atom. The number of nitrogens with two attached hydrogens (primary N) is 1. The first-order valence-corrected chi connectivity index (χ1v) is 6.18. The third-order valence-corrected chi connectivity index (χ3v) is 3.48. The summed E-state index contributed by atoms with van der Waals surface area (Å²) in [7, 11) is 0. The number of fused-ring (bicyclic) bond motifs is 1. The number of ether oxygens (including phenoxy) is 2. The summed E-state index contributed by atoms with van der Waals surface area (Å²) in [5.74, 6) is 1.63. The molecule has 1 unspecified atom stereocenters. The lowest BCUT2D eigenvalue weighted by Crippen LogP contribution is -2.14. The van der Waals surface area contributed by atoms with E-state index in [0.29, 0.717) is 6.79 Å². The molecule has 0 fully saturated rings. The van der Waals surface area contributed by atoms with Crippen LogP contribution in [0.1, 0.15) is 37.3 Å². The van der Waals surface area contributed by atoms with Crippen LogP contribution in [0.25, 0.3) is 0 Å². The van der Waals surface area contributed by atoms with Gasteiger partial charge in [0.25, 0.3) is 0 Å². The van der Waals surface area contributed by atoms with Gasteiger partial charge in [0.1, 0.15) is 0 Å². The topological polar surface area (TPSA) is 44.5 Å². The molecule has 0 radical (unpaired) electrons. The van der Waals surface area contributed by atoms with Crippen molar-refractivity contribution in [3.05, 3.63) is 35.4 Å². The summed E-state index contributed by atoms with van der Waals surface area (Å²) >= 11 is 0. The summed E-state index contributed by atoms with van der Waals surface area (Å²) in [5.41, 5.74) is 8.77. The Morgan fingerprint density at radius 1 is 1.12 bits per heavy atom. The van der Waals surface area contributed by atoms with Crippen molar-refractivity contribution in [2.24, 2.45) is 5.73 Å². The van der Waals surface area contributed by atoms with Crippen LogP contribution in [0.15, 0.2) is 29.8 Å². The van der Waals surface area contributed by atoms with Gasteiger partial charge in [-0.25, -0.2) is 0 Å². The Kier molecular flexibility index (Phi) is 2.77. The van der Waals surface area contributed by atoms with Gasteiger partial charge in [-0.15, -0.1) is 0 Å². The van der Waals surface area contributed by atoms with Crippen LogP contribution in [0, 0.1) is 0 Å². The summed E-state index contributed by atoms with van der Waals surface area (Å²) in [6.07, 6.45) is 7.11. The monoisotopic (exact) mass is 231 g/mol. The second kappa shape index (κ2) is 4.41. The molecule has 1 aromatic rings. The van der Waals surface area contributed by atoms with Crippen LogP contribution >= 0.6 is 0 Å². The van der Waals surface area contributed by atoms with E-state index in [1.54, 1.807) is 0 Å². The molecule has 3 nitrogen and oxygen atoms in total. The second-order valence-corrected chi connectivity index (χ2v) is 4.62. The van der Waals surface area contributed by atoms with Gasteiger partial charge in [-0.05, 0) is 43.4 Å². The van der Waals surface area contributed by atoms with Crippen molar-refractivity contribution in [2.75, 3.05) is 6.79 Å². The summed E-state index contributed by atoms with van der Waals surface area (Å²) in [6, 6.07) is 5.99. The van der Waals surface area contributed by atoms with Crippen LogP contribution in [0.2, 0.25) is 0 Å². The number of allylic oxidation sites excluding steroid dienone is 1. The Hall–Kier alpha value is -1.48. The maximum Gasteiger partial charge on any atom is 0.231 e. The number of hydrogen-bond donors (Lipinski definition) is 1.